The zero-order chi connectivity index (χ0) is 15.3. The number of fused-ring (bicyclic) bond motifs is 1. The summed E-state index contributed by atoms with van der Waals surface area (Å²) in [6, 6.07) is 5.67. The van der Waals surface area contributed by atoms with E-state index in [0.29, 0.717) is 18.7 Å². The molecular weight excluding hydrogens is 268 g/mol. The van der Waals surface area contributed by atoms with Crippen molar-refractivity contribution in [1.82, 2.24) is 5.32 Å². The molecule has 1 unspecified atom stereocenters. The van der Waals surface area contributed by atoms with Crippen molar-refractivity contribution in [2.24, 2.45) is 0 Å². The Kier molecular flexibility index (Phi) is 5.20. The van der Waals surface area contributed by atoms with E-state index in [1.54, 1.807) is 6.92 Å². The molecule has 0 spiro atoms. The van der Waals surface area contributed by atoms with Crippen molar-refractivity contribution in [3.05, 3.63) is 23.8 Å². The van der Waals surface area contributed by atoms with Crippen LogP contribution in [0.15, 0.2) is 18.2 Å². The molecule has 1 aromatic carbocycles. The standard InChI is InChI=1S/C16H24N2O3/c1-3-8-17-10-16(2,20)11-21-13-6-4-12-5-7-15(19)18-14(12)9-13/h4,6,9,17,20H,3,5,7-8,10-11H2,1-2H3,(H,18,19). The molecule has 1 aromatic rings. The molecule has 1 atom stereocenters. The summed E-state index contributed by atoms with van der Waals surface area (Å²) in [7, 11) is 0. The molecule has 0 radical (unpaired) electrons. The number of hydrogen-bond acceptors (Lipinski definition) is 4. The topological polar surface area (TPSA) is 70.6 Å². The van der Waals surface area contributed by atoms with Gasteiger partial charge in [-0.15, -0.1) is 0 Å². The highest BCUT2D eigenvalue weighted by Crippen LogP contribution is 2.27. The highest BCUT2D eigenvalue weighted by molar-refractivity contribution is 5.94. The summed E-state index contributed by atoms with van der Waals surface area (Å²) >= 11 is 0. The van der Waals surface area contributed by atoms with Crippen molar-refractivity contribution in [1.29, 1.82) is 0 Å². The summed E-state index contributed by atoms with van der Waals surface area (Å²) in [5.74, 6) is 0.696. The molecule has 0 saturated carbocycles. The van der Waals surface area contributed by atoms with Crippen LogP contribution in [0.5, 0.6) is 5.75 Å². The van der Waals surface area contributed by atoms with Crippen LogP contribution in [0.25, 0.3) is 0 Å². The number of benzene rings is 1. The third kappa shape index (κ3) is 4.72. The van der Waals surface area contributed by atoms with Crippen LogP contribution in [0.1, 0.15) is 32.3 Å². The first-order valence-electron chi connectivity index (χ1n) is 7.49. The maximum absolute atomic E-state index is 11.4. The molecule has 3 N–H and O–H groups in total. The number of carbonyl (C=O) groups is 1. The molecule has 0 saturated heterocycles. The van der Waals surface area contributed by atoms with Crippen molar-refractivity contribution in [3.8, 4) is 5.75 Å². The van der Waals surface area contributed by atoms with Crippen LogP contribution < -0.4 is 15.4 Å². The first-order valence-corrected chi connectivity index (χ1v) is 7.49. The monoisotopic (exact) mass is 292 g/mol. The van der Waals surface area contributed by atoms with Crippen molar-refractivity contribution < 1.29 is 14.6 Å². The van der Waals surface area contributed by atoms with Gasteiger partial charge in [-0.2, -0.15) is 0 Å². The van der Waals surface area contributed by atoms with Crippen LogP contribution in [0.2, 0.25) is 0 Å². The van der Waals surface area contributed by atoms with Crippen molar-refractivity contribution in [3.63, 3.8) is 0 Å². The second-order valence-electron chi connectivity index (χ2n) is 5.83. The van der Waals surface area contributed by atoms with E-state index in [9.17, 15) is 9.90 Å². The lowest BCUT2D eigenvalue weighted by molar-refractivity contribution is -0.116. The van der Waals surface area contributed by atoms with Gasteiger partial charge in [0.1, 0.15) is 18.0 Å². The Morgan fingerprint density at radius 3 is 3.00 bits per heavy atom. The van der Waals surface area contributed by atoms with Crippen LogP contribution in [0.4, 0.5) is 5.69 Å². The maximum atomic E-state index is 11.4. The Labute approximate surface area is 125 Å². The number of carbonyl (C=O) groups excluding carboxylic acids is 1. The predicted octanol–water partition coefficient (Wildman–Crippen LogP) is 1.70. The van der Waals surface area contributed by atoms with Gasteiger partial charge in [-0.25, -0.2) is 0 Å². The van der Waals surface area contributed by atoms with Gasteiger partial charge in [0.15, 0.2) is 0 Å². The molecule has 21 heavy (non-hydrogen) atoms. The van der Waals surface area contributed by atoms with Crippen LogP contribution in [0, 0.1) is 0 Å². The Hall–Kier alpha value is -1.59. The van der Waals surface area contributed by atoms with E-state index in [1.807, 2.05) is 18.2 Å². The second kappa shape index (κ2) is 6.91. The number of aliphatic hydroxyl groups is 1. The summed E-state index contributed by atoms with van der Waals surface area (Å²) < 4.78 is 5.66. The first kappa shape index (κ1) is 15.8. The SMILES string of the molecule is CCCNCC(C)(O)COc1ccc2c(c1)NC(=O)CC2. The summed E-state index contributed by atoms with van der Waals surface area (Å²) in [5.41, 5.74) is 1.01. The normalized spacial score (nSPS) is 16.8. The minimum atomic E-state index is -0.922. The minimum Gasteiger partial charge on any atom is -0.490 e. The van der Waals surface area contributed by atoms with Gasteiger partial charge in [-0.05, 0) is 37.9 Å². The number of aryl methyl sites for hydroxylation is 1. The zero-order valence-electron chi connectivity index (χ0n) is 12.7. The largest absolute Gasteiger partial charge is 0.490 e. The van der Waals surface area contributed by atoms with Gasteiger partial charge < -0.3 is 20.5 Å². The third-order valence-corrected chi connectivity index (χ3v) is 3.46. The molecule has 116 valence electrons. The minimum absolute atomic E-state index is 0.0374. The smallest absolute Gasteiger partial charge is 0.224 e. The summed E-state index contributed by atoms with van der Waals surface area (Å²) in [6.07, 6.45) is 2.33. The lowest BCUT2D eigenvalue weighted by Crippen LogP contribution is -2.43. The van der Waals surface area contributed by atoms with E-state index in [0.717, 1.165) is 30.6 Å². The first-order chi connectivity index (χ1) is 10.00. The summed E-state index contributed by atoms with van der Waals surface area (Å²) in [6.45, 7) is 5.40. The molecule has 5 nitrogen and oxygen atoms in total. The van der Waals surface area contributed by atoms with Crippen LogP contribution in [-0.4, -0.2) is 36.3 Å². The average Bonchev–Trinajstić information content (AvgIpc) is 2.45. The fourth-order valence-corrected chi connectivity index (χ4v) is 2.26. The highest BCUT2D eigenvalue weighted by Gasteiger charge is 2.21. The number of ether oxygens (including phenoxy) is 1. The zero-order valence-corrected chi connectivity index (χ0v) is 12.7. The fourth-order valence-electron chi connectivity index (χ4n) is 2.26. The Morgan fingerprint density at radius 2 is 2.24 bits per heavy atom. The molecular formula is C16H24N2O3. The van der Waals surface area contributed by atoms with Gasteiger partial charge in [0.2, 0.25) is 5.91 Å². The van der Waals surface area contributed by atoms with Crippen molar-refractivity contribution >= 4 is 11.6 Å². The van der Waals surface area contributed by atoms with Crippen LogP contribution in [-0.2, 0) is 11.2 Å². The average molecular weight is 292 g/mol. The molecule has 0 aromatic heterocycles. The second-order valence-corrected chi connectivity index (χ2v) is 5.83. The van der Waals surface area contributed by atoms with E-state index < -0.39 is 5.60 Å². The van der Waals surface area contributed by atoms with E-state index in [2.05, 4.69) is 17.6 Å². The lowest BCUT2D eigenvalue weighted by Gasteiger charge is -2.24. The molecule has 1 aliphatic heterocycles. The molecule has 2 rings (SSSR count). The Bertz CT molecular complexity index is 500. The van der Waals surface area contributed by atoms with Crippen LogP contribution in [0.3, 0.4) is 0 Å². The predicted molar refractivity (Wildman–Crippen MR) is 82.7 cm³/mol. The molecule has 0 aliphatic carbocycles. The van der Waals surface area contributed by atoms with Gasteiger partial charge in [-0.1, -0.05) is 13.0 Å². The maximum Gasteiger partial charge on any atom is 0.224 e. The summed E-state index contributed by atoms with van der Waals surface area (Å²) in [4.78, 5) is 11.4. The lowest BCUT2D eigenvalue weighted by atomic mass is 10.0. The summed E-state index contributed by atoms with van der Waals surface area (Å²) in [5, 5.41) is 16.3. The number of rotatable bonds is 7. The number of hydrogen-bond donors (Lipinski definition) is 3. The number of amides is 1. The third-order valence-electron chi connectivity index (χ3n) is 3.46. The molecule has 5 heteroatoms. The highest BCUT2D eigenvalue weighted by atomic mass is 16.5. The molecule has 1 aliphatic rings. The van der Waals surface area contributed by atoms with Gasteiger partial charge in [0, 0.05) is 24.7 Å². The van der Waals surface area contributed by atoms with Crippen LogP contribution >= 0.6 is 0 Å². The van der Waals surface area contributed by atoms with E-state index in [1.165, 1.54) is 0 Å². The molecule has 0 fully saturated rings. The van der Waals surface area contributed by atoms with E-state index in [4.69, 9.17) is 4.74 Å². The van der Waals surface area contributed by atoms with Gasteiger partial charge in [-0.3, -0.25) is 4.79 Å². The fraction of sp³-hybridized carbons (Fsp3) is 0.562. The van der Waals surface area contributed by atoms with Gasteiger partial charge >= 0.3 is 0 Å². The quantitative estimate of drug-likeness (QED) is 0.669. The Balaban J connectivity index is 1.91. The van der Waals surface area contributed by atoms with Gasteiger partial charge in [0.25, 0.3) is 0 Å². The van der Waals surface area contributed by atoms with Crippen molar-refractivity contribution in [2.45, 2.75) is 38.7 Å². The van der Waals surface area contributed by atoms with Crippen molar-refractivity contribution in [2.75, 3.05) is 25.0 Å². The van der Waals surface area contributed by atoms with Gasteiger partial charge in [0.05, 0.1) is 0 Å². The molecule has 0 bridgehead atoms. The molecule has 1 amide bonds. The number of nitrogens with one attached hydrogen (secondary N) is 2. The van der Waals surface area contributed by atoms with E-state index >= 15 is 0 Å². The Morgan fingerprint density at radius 1 is 1.43 bits per heavy atom. The number of anilines is 1. The van der Waals surface area contributed by atoms with E-state index in [-0.39, 0.29) is 12.5 Å². The molecule has 1 heterocycles.